The summed E-state index contributed by atoms with van der Waals surface area (Å²) in [5.74, 6) is -0.136. The molecule has 1 fully saturated rings. The largest absolute Gasteiger partial charge is 0.366 e. The zero-order valence-electron chi connectivity index (χ0n) is 11.3. The summed E-state index contributed by atoms with van der Waals surface area (Å²) in [6.07, 6.45) is 1.90. The second kappa shape index (κ2) is 6.24. The minimum absolute atomic E-state index is 0.0839. The molecule has 1 saturated heterocycles. The van der Waals surface area contributed by atoms with Crippen LogP contribution in [0.1, 0.15) is 30.1 Å². The molecular weight excluding hydrogens is 278 g/mol. The number of halogens is 1. The van der Waals surface area contributed by atoms with Crippen LogP contribution in [0.4, 0.5) is 5.69 Å². The molecule has 0 aromatic heterocycles. The number of rotatable bonds is 3. The van der Waals surface area contributed by atoms with Crippen LogP contribution >= 0.6 is 11.6 Å². The van der Waals surface area contributed by atoms with Crippen LogP contribution in [0.2, 0.25) is 5.02 Å². The summed E-state index contributed by atoms with van der Waals surface area (Å²) >= 11 is 5.95. The van der Waals surface area contributed by atoms with E-state index in [9.17, 15) is 9.59 Å². The Morgan fingerprint density at radius 1 is 1.45 bits per heavy atom. The zero-order valence-corrected chi connectivity index (χ0v) is 12.0. The van der Waals surface area contributed by atoms with Crippen LogP contribution in [-0.4, -0.2) is 24.4 Å². The van der Waals surface area contributed by atoms with Gasteiger partial charge in [0.05, 0.1) is 16.6 Å². The molecule has 0 saturated carbocycles. The molecule has 2 amide bonds. The number of nitrogens with one attached hydrogen (secondary N) is 2. The number of piperidine rings is 1. The molecule has 0 spiro atoms. The van der Waals surface area contributed by atoms with Crippen molar-refractivity contribution in [2.45, 2.75) is 25.8 Å². The molecule has 1 aliphatic rings. The predicted molar refractivity (Wildman–Crippen MR) is 78.8 cm³/mol. The second-order valence-corrected chi connectivity index (χ2v) is 5.59. The summed E-state index contributed by atoms with van der Waals surface area (Å²) in [5, 5.41) is 6.23. The molecule has 5 nitrogen and oxygen atoms in total. The highest BCUT2D eigenvalue weighted by molar-refractivity contribution is 6.34. The lowest BCUT2D eigenvalue weighted by molar-refractivity contribution is -0.119. The van der Waals surface area contributed by atoms with E-state index in [0.29, 0.717) is 11.6 Å². The average molecular weight is 296 g/mol. The fourth-order valence-electron chi connectivity index (χ4n) is 2.33. The molecule has 20 heavy (non-hydrogen) atoms. The molecule has 0 aliphatic carbocycles. The van der Waals surface area contributed by atoms with Gasteiger partial charge in [-0.05, 0) is 43.5 Å². The number of nitrogens with two attached hydrogens (primary N) is 1. The molecule has 0 bridgehead atoms. The van der Waals surface area contributed by atoms with Gasteiger partial charge in [-0.25, -0.2) is 0 Å². The van der Waals surface area contributed by atoms with Crippen molar-refractivity contribution in [3.63, 3.8) is 0 Å². The maximum Gasteiger partial charge on any atom is 0.250 e. The topological polar surface area (TPSA) is 84.2 Å². The summed E-state index contributed by atoms with van der Waals surface area (Å²) < 4.78 is 0. The Bertz CT molecular complexity index is 533. The third-order valence-electron chi connectivity index (χ3n) is 3.48. The summed E-state index contributed by atoms with van der Waals surface area (Å²) in [4.78, 5) is 23.2. The summed E-state index contributed by atoms with van der Waals surface area (Å²) in [6.45, 7) is 2.99. The minimum atomic E-state index is -0.587. The smallest absolute Gasteiger partial charge is 0.250 e. The van der Waals surface area contributed by atoms with Crippen LogP contribution in [0.25, 0.3) is 0 Å². The Balaban J connectivity index is 2.04. The first kappa shape index (κ1) is 14.8. The quantitative estimate of drug-likeness (QED) is 0.794. The van der Waals surface area contributed by atoms with E-state index in [-0.39, 0.29) is 22.5 Å². The van der Waals surface area contributed by atoms with Crippen molar-refractivity contribution < 1.29 is 9.59 Å². The Labute approximate surface area is 122 Å². The Hall–Kier alpha value is -1.59. The van der Waals surface area contributed by atoms with Crippen LogP contribution in [0.5, 0.6) is 0 Å². The number of benzene rings is 1. The van der Waals surface area contributed by atoms with Gasteiger partial charge in [0, 0.05) is 5.69 Å². The van der Waals surface area contributed by atoms with Gasteiger partial charge in [0.15, 0.2) is 0 Å². The normalized spacial score (nSPS) is 22.3. The van der Waals surface area contributed by atoms with Crippen LogP contribution in [0.3, 0.4) is 0 Å². The average Bonchev–Trinajstić information content (AvgIpc) is 2.38. The molecule has 1 aliphatic heterocycles. The van der Waals surface area contributed by atoms with Gasteiger partial charge in [-0.2, -0.15) is 0 Å². The number of hydrogen-bond acceptors (Lipinski definition) is 3. The molecule has 2 rings (SSSR count). The Morgan fingerprint density at radius 3 is 2.80 bits per heavy atom. The number of hydrogen-bond donors (Lipinski definition) is 3. The maximum absolute atomic E-state index is 12.1. The van der Waals surface area contributed by atoms with E-state index in [1.165, 1.54) is 12.1 Å². The minimum Gasteiger partial charge on any atom is -0.366 e. The van der Waals surface area contributed by atoms with E-state index in [4.69, 9.17) is 17.3 Å². The number of primary amides is 1. The monoisotopic (exact) mass is 295 g/mol. The van der Waals surface area contributed by atoms with Gasteiger partial charge < -0.3 is 16.4 Å². The van der Waals surface area contributed by atoms with Crippen molar-refractivity contribution >= 4 is 29.1 Å². The standard InChI is InChI=1S/C14H18ClN3O2/c1-8-4-5-17-12(6-8)14(20)18-9-2-3-10(13(16)19)11(15)7-9/h2-3,7-8,12,17H,4-6H2,1H3,(H2,16,19)(H,18,20). The highest BCUT2D eigenvalue weighted by Gasteiger charge is 2.24. The molecule has 1 aromatic carbocycles. The highest BCUT2D eigenvalue weighted by Crippen LogP contribution is 2.22. The van der Waals surface area contributed by atoms with Crippen LogP contribution in [0, 0.1) is 5.92 Å². The van der Waals surface area contributed by atoms with E-state index < -0.39 is 5.91 Å². The van der Waals surface area contributed by atoms with Gasteiger partial charge in [-0.3, -0.25) is 9.59 Å². The van der Waals surface area contributed by atoms with Gasteiger partial charge in [-0.1, -0.05) is 18.5 Å². The van der Waals surface area contributed by atoms with Crippen molar-refractivity contribution in [2.75, 3.05) is 11.9 Å². The molecule has 1 aromatic rings. The molecular formula is C14H18ClN3O2. The lowest BCUT2D eigenvalue weighted by Gasteiger charge is -2.27. The van der Waals surface area contributed by atoms with Gasteiger partial charge in [0.1, 0.15) is 0 Å². The van der Waals surface area contributed by atoms with Gasteiger partial charge in [0.25, 0.3) is 0 Å². The summed E-state index contributed by atoms with van der Waals surface area (Å²) in [6, 6.07) is 4.48. The first-order chi connectivity index (χ1) is 9.47. The number of amides is 2. The lowest BCUT2D eigenvalue weighted by Crippen LogP contribution is -2.45. The zero-order chi connectivity index (χ0) is 14.7. The van der Waals surface area contributed by atoms with Crippen molar-refractivity contribution in [3.05, 3.63) is 28.8 Å². The molecule has 108 valence electrons. The van der Waals surface area contributed by atoms with E-state index in [0.717, 1.165) is 19.4 Å². The van der Waals surface area contributed by atoms with Gasteiger partial charge >= 0.3 is 0 Å². The number of carbonyl (C=O) groups excluding carboxylic acids is 2. The van der Waals surface area contributed by atoms with Crippen molar-refractivity contribution in [1.29, 1.82) is 0 Å². The van der Waals surface area contributed by atoms with Crippen molar-refractivity contribution in [2.24, 2.45) is 11.7 Å². The molecule has 2 atom stereocenters. The molecule has 1 heterocycles. The SMILES string of the molecule is CC1CCNC(C(=O)Nc2ccc(C(N)=O)c(Cl)c2)C1. The molecule has 0 radical (unpaired) electrons. The number of anilines is 1. The number of carbonyl (C=O) groups is 2. The van der Waals surface area contributed by atoms with Crippen LogP contribution in [-0.2, 0) is 4.79 Å². The Morgan fingerprint density at radius 2 is 2.20 bits per heavy atom. The fraction of sp³-hybridized carbons (Fsp3) is 0.429. The van der Waals surface area contributed by atoms with Crippen LogP contribution < -0.4 is 16.4 Å². The molecule has 4 N–H and O–H groups in total. The van der Waals surface area contributed by atoms with E-state index in [2.05, 4.69) is 17.6 Å². The van der Waals surface area contributed by atoms with Gasteiger partial charge in [0.2, 0.25) is 11.8 Å². The second-order valence-electron chi connectivity index (χ2n) is 5.18. The summed E-state index contributed by atoms with van der Waals surface area (Å²) in [5.41, 5.74) is 5.98. The van der Waals surface area contributed by atoms with E-state index in [1.54, 1.807) is 6.07 Å². The predicted octanol–water partition coefficient (Wildman–Crippen LogP) is 1.77. The van der Waals surface area contributed by atoms with E-state index >= 15 is 0 Å². The van der Waals surface area contributed by atoms with Crippen molar-refractivity contribution in [3.8, 4) is 0 Å². The fourth-order valence-corrected chi connectivity index (χ4v) is 2.60. The molecule has 6 heteroatoms. The summed E-state index contributed by atoms with van der Waals surface area (Å²) in [7, 11) is 0. The first-order valence-electron chi connectivity index (χ1n) is 6.61. The van der Waals surface area contributed by atoms with Crippen LogP contribution in [0.15, 0.2) is 18.2 Å². The third-order valence-corrected chi connectivity index (χ3v) is 3.80. The van der Waals surface area contributed by atoms with Crippen molar-refractivity contribution in [1.82, 2.24) is 5.32 Å². The van der Waals surface area contributed by atoms with Gasteiger partial charge in [-0.15, -0.1) is 0 Å². The highest BCUT2D eigenvalue weighted by atomic mass is 35.5. The molecule has 2 unspecified atom stereocenters. The first-order valence-corrected chi connectivity index (χ1v) is 6.98. The van der Waals surface area contributed by atoms with E-state index in [1.807, 2.05) is 0 Å². The Kier molecular flexibility index (Phi) is 4.62. The lowest BCUT2D eigenvalue weighted by atomic mass is 9.94. The maximum atomic E-state index is 12.1. The third kappa shape index (κ3) is 3.49.